The van der Waals surface area contributed by atoms with Gasteiger partial charge >= 0.3 is 6.03 Å². The monoisotopic (exact) mass is 491 g/mol. The molecular weight excluding hydrogens is 454 g/mol. The van der Waals surface area contributed by atoms with E-state index in [0.29, 0.717) is 6.04 Å². The molecule has 4 aliphatic rings. The predicted molar refractivity (Wildman–Crippen MR) is 146 cm³/mol. The fraction of sp³-hybridized carbons (Fsp3) is 0.500. The van der Waals surface area contributed by atoms with Crippen LogP contribution in [0.4, 0.5) is 10.6 Å². The Balaban J connectivity index is 0.000000362. The van der Waals surface area contributed by atoms with Crippen LogP contribution in [-0.2, 0) is 0 Å². The van der Waals surface area contributed by atoms with Crippen molar-refractivity contribution in [1.82, 2.24) is 14.2 Å². The van der Waals surface area contributed by atoms with E-state index in [-0.39, 0.29) is 6.03 Å². The van der Waals surface area contributed by atoms with E-state index in [1.54, 1.807) is 11.5 Å². The van der Waals surface area contributed by atoms with E-state index < -0.39 is 0 Å². The third kappa shape index (κ3) is 5.78. The highest BCUT2D eigenvalue weighted by molar-refractivity contribution is 7.13. The van der Waals surface area contributed by atoms with E-state index >= 15 is 0 Å². The number of benzene rings is 2. The van der Waals surface area contributed by atoms with Gasteiger partial charge in [-0.1, -0.05) is 30.3 Å². The average Bonchev–Trinajstić information content (AvgIpc) is 3.26. The lowest BCUT2D eigenvalue weighted by Gasteiger charge is -2.38. The van der Waals surface area contributed by atoms with Gasteiger partial charge < -0.3 is 15.5 Å². The molecule has 186 valence electrons. The molecule has 0 bridgehead atoms. The van der Waals surface area contributed by atoms with Crippen LogP contribution >= 0.6 is 11.5 Å². The van der Waals surface area contributed by atoms with Crippen LogP contribution in [0.5, 0.6) is 0 Å². The Hall–Kier alpha value is -2.64. The summed E-state index contributed by atoms with van der Waals surface area (Å²) in [5.41, 5.74) is 8.37. The number of nitrogens with two attached hydrogens (primary N) is 1. The van der Waals surface area contributed by atoms with Crippen molar-refractivity contribution in [3.63, 3.8) is 0 Å². The molecule has 0 atom stereocenters. The number of fused-ring (bicyclic) bond motifs is 2. The summed E-state index contributed by atoms with van der Waals surface area (Å²) in [6.45, 7) is 8.29. The molecule has 1 aromatic heterocycles. The van der Waals surface area contributed by atoms with Crippen molar-refractivity contribution in [1.29, 1.82) is 0 Å². The van der Waals surface area contributed by atoms with Gasteiger partial charge in [-0.25, -0.2) is 4.79 Å². The molecule has 2 amide bonds. The van der Waals surface area contributed by atoms with Crippen LogP contribution in [0.2, 0.25) is 0 Å². The highest BCUT2D eigenvalue weighted by Gasteiger charge is 2.27. The summed E-state index contributed by atoms with van der Waals surface area (Å²) in [6, 6.07) is 17.1. The molecule has 2 fully saturated rings. The Bertz CT molecular complexity index is 1110. The zero-order valence-electron chi connectivity index (χ0n) is 20.7. The Kier molecular flexibility index (Phi) is 7.54. The van der Waals surface area contributed by atoms with Gasteiger partial charge in [0.05, 0.1) is 4.70 Å². The van der Waals surface area contributed by atoms with Gasteiger partial charge in [0, 0.05) is 44.2 Å². The first-order chi connectivity index (χ1) is 17.1. The topological polar surface area (TPSA) is 65.7 Å². The summed E-state index contributed by atoms with van der Waals surface area (Å²) in [4.78, 5) is 18.5. The largest absolute Gasteiger partial charge is 0.353 e. The fourth-order valence-corrected chi connectivity index (χ4v) is 6.46. The Morgan fingerprint density at radius 1 is 1.03 bits per heavy atom. The Morgan fingerprint density at radius 2 is 1.74 bits per heavy atom. The molecule has 1 saturated heterocycles. The van der Waals surface area contributed by atoms with Crippen molar-refractivity contribution in [3.8, 4) is 11.1 Å². The van der Waals surface area contributed by atoms with Crippen molar-refractivity contribution >= 4 is 33.5 Å². The number of nitrogens with zero attached hydrogens (tertiary/aromatic N) is 4. The highest BCUT2D eigenvalue weighted by Crippen LogP contribution is 2.33. The quantitative estimate of drug-likeness (QED) is 0.390. The third-order valence-electron chi connectivity index (χ3n) is 7.88. The molecule has 6 nitrogen and oxygen atoms in total. The van der Waals surface area contributed by atoms with Crippen molar-refractivity contribution in [3.05, 3.63) is 48.5 Å². The zero-order valence-corrected chi connectivity index (χ0v) is 21.6. The van der Waals surface area contributed by atoms with Crippen molar-refractivity contribution in [2.45, 2.75) is 45.1 Å². The average molecular weight is 492 g/mol. The molecule has 0 spiro atoms. The summed E-state index contributed by atoms with van der Waals surface area (Å²) in [7, 11) is 0. The van der Waals surface area contributed by atoms with Gasteiger partial charge in [-0.15, -0.1) is 0 Å². The first kappa shape index (κ1) is 24.1. The predicted octanol–water partition coefficient (Wildman–Crippen LogP) is 5.43. The number of carbonyl (C=O) groups excluding carboxylic acids is 1. The molecule has 3 aliphatic carbocycles. The van der Waals surface area contributed by atoms with Crippen LogP contribution in [0.3, 0.4) is 0 Å². The number of rotatable bonds is 6. The molecule has 1 saturated carbocycles. The maximum atomic E-state index is 11.6. The lowest BCUT2D eigenvalue weighted by molar-refractivity contribution is 0.146. The third-order valence-corrected chi connectivity index (χ3v) is 8.69. The van der Waals surface area contributed by atoms with E-state index in [4.69, 9.17) is 10.1 Å². The normalized spacial score (nSPS) is 21.3. The van der Waals surface area contributed by atoms with Crippen molar-refractivity contribution in [2.24, 2.45) is 11.7 Å². The molecule has 1 aliphatic heterocycles. The lowest BCUT2D eigenvalue weighted by Crippen LogP contribution is -2.47. The van der Waals surface area contributed by atoms with Gasteiger partial charge in [0.25, 0.3) is 0 Å². The summed E-state index contributed by atoms with van der Waals surface area (Å²) < 4.78 is 5.99. The van der Waals surface area contributed by atoms with Crippen LogP contribution in [0.25, 0.3) is 21.2 Å². The molecule has 0 unspecified atom stereocenters. The van der Waals surface area contributed by atoms with E-state index in [1.807, 2.05) is 11.8 Å². The van der Waals surface area contributed by atoms with Crippen LogP contribution in [-0.4, -0.2) is 65.5 Å². The van der Waals surface area contributed by atoms with Crippen LogP contribution in [0, 0.1) is 5.92 Å². The fourth-order valence-electron chi connectivity index (χ4n) is 5.66. The lowest BCUT2D eigenvalue weighted by atomic mass is 9.83. The van der Waals surface area contributed by atoms with E-state index in [0.717, 1.165) is 51.5 Å². The Morgan fingerprint density at radius 3 is 2.34 bits per heavy atom. The number of amides is 2. The SMILES string of the molecule is CCN(C(N)=O)C1CCC(CCN2CCN(c3nsc4ccccc34)CC2)CC1.c1cc2cc-2c1. The van der Waals surface area contributed by atoms with Crippen molar-refractivity contribution < 1.29 is 4.79 Å². The van der Waals surface area contributed by atoms with Gasteiger partial charge in [0.2, 0.25) is 0 Å². The van der Waals surface area contributed by atoms with E-state index in [9.17, 15) is 4.79 Å². The second-order valence-electron chi connectivity index (χ2n) is 10.00. The molecule has 1 aromatic carbocycles. The molecule has 2 aromatic rings. The van der Waals surface area contributed by atoms with E-state index in [1.165, 1.54) is 52.8 Å². The molecule has 0 radical (unpaired) electrons. The summed E-state index contributed by atoms with van der Waals surface area (Å²) >= 11 is 1.61. The number of hydrogen-bond acceptors (Lipinski definition) is 5. The second-order valence-corrected chi connectivity index (χ2v) is 10.8. The molecule has 2 heterocycles. The minimum atomic E-state index is -0.262. The van der Waals surface area contributed by atoms with Gasteiger partial charge in [0.1, 0.15) is 5.82 Å². The molecule has 35 heavy (non-hydrogen) atoms. The maximum absolute atomic E-state index is 11.6. The number of hydrogen-bond donors (Lipinski definition) is 1. The molecule has 6 rings (SSSR count). The van der Waals surface area contributed by atoms with Gasteiger partial charge in [-0.3, -0.25) is 4.90 Å². The zero-order chi connectivity index (χ0) is 24.2. The number of anilines is 1. The first-order valence-electron chi connectivity index (χ1n) is 13.1. The van der Waals surface area contributed by atoms with Crippen LogP contribution in [0.1, 0.15) is 39.0 Å². The number of aromatic nitrogens is 1. The smallest absolute Gasteiger partial charge is 0.315 e. The molecule has 7 heteroatoms. The van der Waals surface area contributed by atoms with Gasteiger partial charge in [-0.2, -0.15) is 4.37 Å². The standard InChI is InChI=1S/C22H33N5OS.C6H4/c1-2-27(22(23)28)18-9-7-17(8-10-18)11-12-25-13-15-26(16-14-25)21-19-5-3-4-6-20(19)29-24-21;1-2-5-4-6(5)3-1/h3-6,17-18H,2,7-16H2,1H3,(H2,23,28);1-4H. The Labute approximate surface area is 212 Å². The minimum Gasteiger partial charge on any atom is -0.353 e. The number of carbonyl (C=O) groups is 1. The van der Waals surface area contributed by atoms with E-state index in [2.05, 4.69) is 58.3 Å². The maximum Gasteiger partial charge on any atom is 0.315 e. The second kappa shape index (κ2) is 11.0. The highest BCUT2D eigenvalue weighted by atomic mass is 32.1. The summed E-state index contributed by atoms with van der Waals surface area (Å²) in [6.07, 6.45) is 5.92. The van der Waals surface area contributed by atoms with Gasteiger partial charge in [-0.05, 0) is 92.3 Å². The number of piperazine rings is 1. The van der Waals surface area contributed by atoms with Crippen LogP contribution < -0.4 is 10.6 Å². The first-order valence-corrected chi connectivity index (χ1v) is 13.9. The summed E-state index contributed by atoms with van der Waals surface area (Å²) in [5.74, 6) is 1.96. The van der Waals surface area contributed by atoms with Crippen LogP contribution in [0.15, 0.2) is 48.5 Å². The van der Waals surface area contributed by atoms with Crippen molar-refractivity contribution in [2.75, 3.05) is 44.2 Å². The molecular formula is C28H37N5OS. The molecule has 2 N–H and O–H groups in total. The number of primary amides is 1. The minimum absolute atomic E-state index is 0.262. The van der Waals surface area contributed by atoms with Gasteiger partial charge in [0.15, 0.2) is 0 Å². The summed E-state index contributed by atoms with van der Waals surface area (Å²) in [5, 5.41) is 1.29. The number of urea groups is 1.